The number of thioether (sulfide) groups is 1. The first-order valence-corrected chi connectivity index (χ1v) is 10.5. The van der Waals surface area contributed by atoms with Crippen LogP contribution in [0.15, 0.2) is 29.6 Å². The van der Waals surface area contributed by atoms with Gasteiger partial charge in [0.2, 0.25) is 5.91 Å². The number of aryl methyl sites for hydroxylation is 4. The first kappa shape index (κ1) is 17.5. The van der Waals surface area contributed by atoms with Crippen LogP contribution in [0, 0.1) is 13.8 Å². The van der Waals surface area contributed by atoms with Crippen LogP contribution in [0.5, 0.6) is 0 Å². The monoisotopic (exact) mass is 383 g/mol. The van der Waals surface area contributed by atoms with Gasteiger partial charge in [0.15, 0.2) is 0 Å². The van der Waals surface area contributed by atoms with Crippen molar-refractivity contribution in [1.29, 1.82) is 0 Å². The van der Waals surface area contributed by atoms with Crippen molar-refractivity contribution in [2.24, 2.45) is 0 Å². The number of anilines is 1. The van der Waals surface area contributed by atoms with E-state index in [1.165, 1.54) is 34.0 Å². The molecule has 1 amide bonds. The fourth-order valence-electron chi connectivity index (χ4n) is 3.31. The summed E-state index contributed by atoms with van der Waals surface area (Å²) in [4.78, 5) is 24.1. The number of aromatic nitrogens is 2. The average molecular weight is 384 g/mol. The highest BCUT2D eigenvalue weighted by Gasteiger charge is 2.24. The molecule has 2 aromatic heterocycles. The molecule has 0 aliphatic heterocycles. The molecule has 0 saturated heterocycles. The fourth-order valence-corrected chi connectivity index (χ4v) is 5.55. The molecule has 2 heterocycles. The van der Waals surface area contributed by atoms with Gasteiger partial charge in [-0.05, 0) is 62.8 Å². The lowest BCUT2D eigenvalue weighted by Gasteiger charge is -2.14. The molecule has 1 aromatic carbocycles. The maximum absolute atomic E-state index is 12.7. The van der Waals surface area contributed by atoms with Gasteiger partial charge < -0.3 is 5.32 Å². The Kier molecular flexibility index (Phi) is 4.71. The van der Waals surface area contributed by atoms with Gasteiger partial charge in [-0.15, -0.1) is 11.3 Å². The highest BCUT2D eigenvalue weighted by atomic mass is 32.2. The smallest absolute Gasteiger partial charge is 0.237 e. The first-order chi connectivity index (χ1) is 12.5. The number of nitrogens with one attached hydrogen (secondary N) is 1. The highest BCUT2D eigenvalue weighted by Crippen LogP contribution is 2.40. The number of fused-ring (bicyclic) bond motifs is 3. The van der Waals surface area contributed by atoms with E-state index in [-0.39, 0.29) is 11.2 Å². The zero-order valence-electron chi connectivity index (χ0n) is 15.1. The van der Waals surface area contributed by atoms with Crippen LogP contribution in [0.2, 0.25) is 0 Å². The molecule has 26 heavy (non-hydrogen) atoms. The second kappa shape index (κ2) is 7.00. The van der Waals surface area contributed by atoms with Crippen molar-refractivity contribution in [2.75, 3.05) is 5.32 Å². The topological polar surface area (TPSA) is 54.9 Å². The number of rotatable bonds is 4. The van der Waals surface area contributed by atoms with Crippen molar-refractivity contribution in [1.82, 2.24) is 9.97 Å². The molecule has 0 spiro atoms. The molecule has 0 bridgehead atoms. The van der Waals surface area contributed by atoms with Gasteiger partial charge >= 0.3 is 0 Å². The third-order valence-corrected chi connectivity index (χ3v) is 7.08. The van der Waals surface area contributed by atoms with Crippen molar-refractivity contribution < 1.29 is 4.79 Å². The summed E-state index contributed by atoms with van der Waals surface area (Å²) in [7, 11) is 0. The van der Waals surface area contributed by atoms with E-state index >= 15 is 0 Å². The Hall–Kier alpha value is -1.92. The van der Waals surface area contributed by atoms with Gasteiger partial charge in [-0.1, -0.05) is 23.9 Å². The molecule has 1 aliphatic carbocycles. The first-order valence-electron chi connectivity index (χ1n) is 8.83. The number of thiophene rings is 1. The lowest BCUT2D eigenvalue weighted by molar-refractivity contribution is -0.115. The van der Waals surface area contributed by atoms with Crippen LogP contribution in [-0.4, -0.2) is 21.1 Å². The van der Waals surface area contributed by atoms with E-state index in [9.17, 15) is 4.79 Å². The number of hydrogen-bond donors (Lipinski definition) is 1. The van der Waals surface area contributed by atoms with Crippen molar-refractivity contribution in [3.05, 3.63) is 46.1 Å². The lowest BCUT2D eigenvalue weighted by atomic mass is 10.1. The van der Waals surface area contributed by atoms with Gasteiger partial charge in [0.25, 0.3) is 0 Å². The molecule has 0 radical (unpaired) electrons. The van der Waals surface area contributed by atoms with E-state index in [0.29, 0.717) is 0 Å². The Morgan fingerprint density at radius 3 is 2.96 bits per heavy atom. The molecular weight excluding hydrogens is 362 g/mol. The van der Waals surface area contributed by atoms with Crippen molar-refractivity contribution in [2.45, 2.75) is 50.3 Å². The molecule has 3 aromatic rings. The van der Waals surface area contributed by atoms with Gasteiger partial charge in [0, 0.05) is 16.0 Å². The van der Waals surface area contributed by atoms with E-state index in [1.807, 2.05) is 32.9 Å². The molecule has 1 atom stereocenters. The van der Waals surface area contributed by atoms with E-state index in [0.717, 1.165) is 39.5 Å². The minimum Gasteiger partial charge on any atom is -0.325 e. The summed E-state index contributed by atoms with van der Waals surface area (Å²) in [6, 6.07) is 6.10. The Morgan fingerprint density at radius 2 is 2.12 bits per heavy atom. The van der Waals surface area contributed by atoms with Gasteiger partial charge in [0.1, 0.15) is 16.2 Å². The molecule has 4 nitrogen and oxygen atoms in total. The summed E-state index contributed by atoms with van der Waals surface area (Å²) in [6.45, 7) is 5.98. The molecule has 6 heteroatoms. The summed E-state index contributed by atoms with van der Waals surface area (Å²) in [5.41, 5.74) is 4.49. The van der Waals surface area contributed by atoms with Crippen molar-refractivity contribution in [3.63, 3.8) is 0 Å². The average Bonchev–Trinajstić information content (AvgIpc) is 3.19. The summed E-state index contributed by atoms with van der Waals surface area (Å²) in [5, 5.41) is 4.93. The van der Waals surface area contributed by atoms with E-state index < -0.39 is 0 Å². The van der Waals surface area contributed by atoms with Crippen LogP contribution in [0.1, 0.15) is 34.9 Å². The quantitative estimate of drug-likeness (QED) is 0.513. The summed E-state index contributed by atoms with van der Waals surface area (Å²) < 4.78 is 0. The lowest BCUT2D eigenvalue weighted by Crippen LogP contribution is -2.23. The predicted molar refractivity (Wildman–Crippen MR) is 109 cm³/mol. The molecule has 4 rings (SSSR count). The van der Waals surface area contributed by atoms with Crippen molar-refractivity contribution >= 4 is 44.9 Å². The number of amides is 1. The summed E-state index contributed by atoms with van der Waals surface area (Å²) in [5.74, 6) is 0.00216. The third-order valence-electron chi connectivity index (χ3n) is 4.78. The van der Waals surface area contributed by atoms with Crippen LogP contribution < -0.4 is 5.32 Å². The number of hydrogen-bond acceptors (Lipinski definition) is 5. The highest BCUT2D eigenvalue weighted by molar-refractivity contribution is 8.00. The van der Waals surface area contributed by atoms with Crippen LogP contribution in [0.3, 0.4) is 0 Å². The third kappa shape index (κ3) is 3.23. The Morgan fingerprint density at radius 1 is 1.27 bits per heavy atom. The molecule has 0 fully saturated rings. The second-order valence-electron chi connectivity index (χ2n) is 6.78. The van der Waals surface area contributed by atoms with Crippen molar-refractivity contribution in [3.8, 4) is 0 Å². The molecule has 0 saturated carbocycles. The number of carbonyl (C=O) groups excluding carboxylic acids is 1. The number of nitrogens with zero attached hydrogens (tertiary/aromatic N) is 2. The van der Waals surface area contributed by atoms with Gasteiger partial charge in [-0.25, -0.2) is 9.97 Å². The number of carbonyl (C=O) groups is 1. The molecule has 134 valence electrons. The summed E-state index contributed by atoms with van der Waals surface area (Å²) >= 11 is 3.30. The molecular formula is C20H21N3OS2. The van der Waals surface area contributed by atoms with E-state index in [2.05, 4.69) is 21.4 Å². The van der Waals surface area contributed by atoms with Crippen LogP contribution >= 0.6 is 23.1 Å². The van der Waals surface area contributed by atoms with Gasteiger partial charge in [-0.2, -0.15) is 0 Å². The zero-order chi connectivity index (χ0) is 18.3. The minimum atomic E-state index is -0.232. The number of benzene rings is 1. The standard InChI is InChI=1S/C20H21N3OS2/c1-11-7-8-12(2)15(9-11)23-18(24)13(3)25-19-17-14-5-4-6-16(14)26-20(17)22-10-21-19/h7-10,13H,4-6H2,1-3H3,(H,23,24)/t13-/m0/s1. The normalized spacial score (nSPS) is 14.4. The molecule has 1 aliphatic rings. The van der Waals surface area contributed by atoms with Gasteiger partial charge in [-0.3, -0.25) is 4.79 Å². The van der Waals surface area contributed by atoms with Crippen LogP contribution in [0.25, 0.3) is 10.2 Å². The fraction of sp³-hybridized carbons (Fsp3) is 0.350. The minimum absolute atomic E-state index is 0.00216. The maximum Gasteiger partial charge on any atom is 0.237 e. The van der Waals surface area contributed by atoms with E-state index in [4.69, 9.17) is 0 Å². The Bertz CT molecular complexity index is 996. The summed E-state index contributed by atoms with van der Waals surface area (Å²) in [6.07, 6.45) is 5.06. The molecule has 1 N–H and O–H groups in total. The Balaban J connectivity index is 1.56. The second-order valence-corrected chi connectivity index (χ2v) is 9.20. The zero-order valence-corrected chi connectivity index (χ0v) is 16.8. The van der Waals surface area contributed by atoms with Crippen LogP contribution in [0.4, 0.5) is 5.69 Å². The molecule has 0 unspecified atom stereocenters. The largest absolute Gasteiger partial charge is 0.325 e. The van der Waals surface area contributed by atoms with Gasteiger partial charge in [0.05, 0.1) is 5.25 Å². The van der Waals surface area contributed by atoms with Crippen LogP contribution in [-0.2, 0) is 17.6 Å². The SMILES string of the molecule is Cc1ccc(C)c(NC(=O)[C@H](C)Sc2ncnc3sc4c(c23)CCC4)c1. The maximum atomic E-state index is 12.7. The predicted octanol–water partition coefficient (Wildman–Crippen LogP) is 4.92. The Labute approximate surface area is 161 Å². The van der Waals surface area contributed by atoms with E-state index in [1.54, 1.807) is 17.7 Å².